The van der Waals surface area contributed by atoms with Crippen LogP contribution in [0.2, 0.25) is 0 Å². The van der Waals surface area contributed by atoms with Gasteiger partial charge in [-0.1, -0.05) is 127 Å². The maximum Gasteiger partial charge on any atom is 0.0541 e. The van der Waals surface area contributed by atoms with E-state index in [2.05, 4.69) is 191 Å². The Balaban J connectivity index is 1.13. The van der Waals surface area contributed by atoms with Crippen LogP contribution in [0.15, 0.2) is 182 Å². The van der Waals surface area contributed by atoms with Gasteiger partial charge in [0.15, 0.2) is 0 Å². The molecule has 0 saturated carbocycles. The maximum atomic E-state index is 2.43. The highest BCUT2D eigenvalue weighted by Gasteiger charge is 2.17. The van der Waals surface area contributed by atoms with E-state index in [0.717, 1.165) is 5.69 Å². The van der Waals surface area contributed by atoms with Gasteiger partial charge in [0.25, 0.3) is 0 Å². The average molecular weight is 611 g/mol. The second-order valence-electron chi connectivity index (χ2n) is 12.6. The number of hydrogen-bond acceptors (Lipinski definition) is 0. The molecule has 0 bridgehead atoms. The molecule has 8 aromatic carbocycles. The van der Waals surface area contributed by atoms with Crippen molar-refractivity contribution in [1.29, 1.82) is 0 Å². The molecule has 2 heteroatoms. The minimum atomic E-state index is 1.16. The minimum absolute atomic E-state index is 1.16. The molecule has 0 N–H and O–H groups in total. The smallest absolute Gasteiger partial charge is 0.0541 e. The van der Waals surface area contributed by atoms with Crippen molar-refractivity contribution in [2.75, 3.05) is 0 Å². The van der Waals surface area contributed by atoms with Crippen molar-refractivity contribution in [3.8, 4) is 33.6 Å². The van der Waals surface area contributed by atoms with Crippen LogP contribution in [-0.4, -0.2) is 9.13 Å². The first kappa shape index (κ1) is 26.8. The van der Waals surface area contributed by atoms with E-state index in [4.69, 9.17) is 0 Å². The lowest BCUT2D eigenvalue weighted by Gasteiger charge is -2.12. The van der Waals surface area contributed by atoms with Crippen LogP contribution in [0.25, 0.3) is 88.0 Å². The van der Waals surface area contributed by atoms with Crippen LogP contribution >= 0.6 is 0 Å². The van der Waals surface area contributed by atoms with Gasteiger partial charge in [0.1, 0.15) is 0 Å². The maximum absolute atomic E-state index is 2.43. The van der Waals surface area contributed by atoms with E-state index in [1.165, 1.54) is 82.3 Å². The SMILES string of the molecule is c1ccc(-c2ccc(-n3c4ccccc4c4cc(-c5ccc6c(c5)c5ccccc5n6-c5cccc6ccccc56)ccc43)cc2)cc1. The van der Waals surface area contributed by atoms with Crippen molar-refractivity contribution >= 4 is 54.4 Å². The van der Waals surface area contributed by atoms with Crippen LogP contribution in [0.1, 0.15) is 0 Å². The molecule has 0 spiro atoms. The van der Waals surface area contributed by atoms with Crippen molar-refractivity contribution in [2.45, 2.75) is 0 Å². The molecule has 0 unspecified atom stereocenters. The number of fused-ring (bicyclic) bond motifs is 7. The number of nitrogens with zero attached hydrogens (tertiary/aromatic N) is 2. The Morgan fingerprint density at radius 1 is 0.271 bits per heavy atom. The molecule has 10 aromatic rings. The molecule has 0 atom stereocenters. The van der Waals surface area contributed by atoms with Crippen molar-refractivity contribution < 1.29 is 0 Å². The van der Waals surface area contributed by atoms with Gasteiger partial charge in [-0.05, 0) is 82.2 Å². The van der Waals surface area contributed by atoms with Gasteiger partial charge in [-0.3, -0.25) is 0 Å². The fraction of sp³-hybridized carbons (Fsp3) is 0. The summed E-state index contributed by atoms with van der Waals surface area (Å²) in [6.07, 6.45) is 0. The van der Waals surface area contributed by atoms with E-state index in [1.54, 1.807) is 0 Å². The van der Waals surface area contributed by atoms with Gasteiger partial charge in [0, 0.05) is 32.6 Å². The highest BCUT2D eigenvalue weighted by Crippen LogP contribution is 2.39. The van der Waals surface area contributed by atoms with Gasteiger partial charge in [-0.2, -0.15) is 0 Å². The molecule has 224 valence electrons. The van der Waals surface area contributed by atoms with Crippen molar-refractivity contribution in [3.05, 3.63) is 182 Å². The highest BCUT2D eigenvalue weighted by molar-refractivity contribution is 6.13. The van der Waals surface area contributed by atoms with Crippen LogP contribution in [0.3, 0.4) is 0 Å². The number of aromatic nitrogens is 2. The molecule has 0 radical (unpaired) electrons. The molecule has 0 aliphatic carbocycles. The summed E-state index contributed by atoms with van der Waals surface area (Å²) in [4.78, 5) is 0. The third kappa shape index (κ3) is 4.06. The van der Waals surface area contributed by atoms with Gasteiger partial charge < -0.3 is 9.13 Å². The van der Waals surface area contributed by atoms with Crippen LogP contribution in [0.4, 0.5) is 0 Å². The first-order valence-electron chi connectivity index (χ1n) is 16.5. The molecule has 2 heterocycles. The fourth-order valence-electron chi connectivity index (χ4n) is 7.68. The predicted octanol–water partition coefficient (Wildman–Crippen LogP) is 12.4. The predicted molar refractivity (Wildman–Crippen MR) is 203 cm³/mol. The summed E-state index contributed by atoms with van der Waals surface area (Å²) in [5, 5.41) is 7.54. The van der Waals surface area contributed by atoms with Crippen molar-refractivity contribution in [3.63, 3.8) is 0 Å². The Kier molecular flexibility index (Phi) is 5.91. The second-order valence-corrected chi connectivity index (χ2v) is 12.6. The summed E-state index contributed by atoms with van der Waals surface area (Å²) in [5.41, 5.74) is 12.1. The number of rotatable bonds is 4. The summed E-state index contributed by atoms with van der Waals surface area (Å²) in [6.45, 7) is 0. The van der Waals surface area contributed by atoms with Crippen LogP contribution in [-0.2, 0) is 0 Å². The zero-order chi connectivity index (χ0) is 31.6. The topological polar surface area (TPSA) is 9.86 Å². The highest BCUT2D eigenvalue weighted by atomic mass is 15.0. The van der Waals surface area contributed by atoms with Crippen LogP contribution in [0.5, 0.6) is 0 Å². The zero-order valence-corrected chi connectivity index (χ0v) is 26.2. The van der Waals surface area contributed by atoms with Gasteiger partial charge in [0.05, 0.1) is 27.8 Å². The third-order valence-corrected chi connectivity index (χ3v) is 9.92. The van der Waals surface area contributed by atoms with E-state index < -0.39 is 0 Å². The molecule has 10 rings (SSSR count). The van der Waals surface area contributed by atoms with Gasteiger partial charge in [-0.25, -0.2) is 0 Å². The lowest BCUT2D eigenvalue weighted by Crippen LogP contribution is -1.95. The molecular weight excluding hydrogens is 581 g/mol. The standard InChI is InChI=1S/C46H30N2/c1-2-11-31(12-3-1)32-21-25-36(26-22-32)47-43-18-8-6-16-38(43)40-29-34(23-27-45(40)47)35-24-28-46-41(30-35)39-17-7-9-19-44(39)48(46)42-20-10-14-33-13-4-5-15-37(33)42/h1-30H. The van der Waals surface area contributed by atoms with E-state index in [-0.39, 0.29) is 0 Å². The Morgan fingerprint density at radius 3 is 1.44 bits per heavy atom. The Labute approximate surface area is 278 Å². The molecule has 0 aliphatic heterocycles. The monoisotopic (exact) mass is 610 g/mol. The van der Waals surface area contributed by atoms with E-state index in [9.17, 15) is 0 Å². The van der Waals surface area contributed by atoms with E-state index in [1.807, 2.05) is 0 Å². The third-order valence-electron chi connectivity index (χ3n) is 9.92. The fourth-order valence-corrected chi connectivity index (χ4v) is 7.68. The quantitative estimate of drug-likeness (QED) is 0.188. The minimum Gasteiger partial charge on any atom is -0.309 e. The molecule has 0 amide bonds. The number of benzene rings is 8. The molecule has 0 saturated heterocycles. The summed E-state index contributed by atoms with van der Waals surface area (Å²) in [6, 6.07) is 66.2. The molecule has 0 fully saturated rings. The molecule has 2 nitrogen and oxygen atoms in total. The molecule has 0 aliphatic rings. The molecular formula is C46H30N2. The zero-order valence-electron chi connectivity index (χ0n) is 26.2. The summed E-state index contributed by atoms with van der Waals surface area (Å²) < 4.78 is 4.82. The average Bonchev–Trinajstić information content (AvgIpc) is 3.67. The Hall–Kier alpha value is -6.38. The van der Waals surface area contributed by atoms with Gasteiger partial charge >= 0.3 is 0 Å². The second kappa shape index (κ2) is 10.6. The number of para-hydroxylation sites is 2. The normalized spacial score (nSPS) is 11.8. The summed E-state index contributed by atoms with van der Waals surface area (Å²) in [7, 11) is 0. The summed E-state index contributed by atoms with van der Waals surface area (Å²) in [5.74, 6) is 0. The summed E-state index contributed by atoms with van der Waals surface area (Å²) >= 11 is 0. The Morgan fingerprint density at radius 2 is 0.750 bits per heavy atom. The van der Waals surface area contributed by atoms with E-state index >= 15 is 0 Å². The Bertz CT molecular complexity index is 2810. The van der Waals surface area contributed by atoms with Crippen molar-refractivity contribution in [1.82, 2.24) is 9.13 Å². The first-order valence-corrected chi connectivity index (χ1v) is 16.5. The van der Waals surface area contributed by atoms with Crippen molar-refractivity contribution in [2.24, 2.45) is 0 Å². The largest absolute Gasteiger partial charge is 0.309 e. The van der Waals surface area contributed by atoms with Crippen LogP contribution < -0.4 is 0 Å². The lowest BCUT2D eigenvalue weighted by molar-refractivity contribution is 1.18. The van der Waals surface area contributed by atoms with E-state index in [0.29, 0.717) is 0 Å². The molecule has 2 aromatic heterocycles. The lowest BCUT2D eigenvalue weighted by atomic mass is 10.0. The first-order chi connectivity index (χ1) is 23.8. The molecule has 48 heavy (non-hydrogen) atoms. The van der Waals surface area contributed by atoms with Gasteiger partial charge in [-0.15, -0.1) is 0 Å². The van der Waals surface area contributed by atoms with Gasteiger partial charge in [0.2, 0.25) is 0 Å². The van der Waals surface area contributed by atoms with Crippen LogP contribution in [0, 0.1) is 0 Å². The number of hydrogen-bond donors (Lipinski definition) is 0.